The van der Waals surface area contributed by atoms with E-state index in [0.29, 0.717) is 12.8 Å². The van der Waals surface area contributed by atoms with Crippen molar-refractivity contribution < 1.29 is 13.5 Å². The number of rotatable bonds is 5. The summed E-state index contributed by atoms with van der Waals surface area (Å²) in [6, 6.07) is 7.61. The molecular weight excluding hydrogens is 224 g/mol. The number of aryl methyl sites for hydroxylation is 1. The van der Waals surface area contributed by atoms with Crippen molar-refractivity contribution in [2.24, 2.45) is 0 Å². The van der Waals surface area contributed by atoms with E-state index in [1.54, 1.807) is 0 Å². The fourth-order valence-electron chi connectivity index (χ4n) is 1.66. The van der Waals surface area contributed by atoms with Crippen LogP contribution < -0.4 is 0 Å². The first-order chi connectivity index (χ1) is 7.40. The minimum Gasteiger partial charge on any atom is -0.388 e. The summed E-state index contributed by atoms with van der Waals surface area (Å²) < 4.78 is 21.9. The van der Waals surface area contributed by atoms with Crippen LogP contribution in [-0.2, 0) is 9.84 Å². The molecule has 0 aliphatic carbocycles. The van der Waals surface area contributed by atoms with Crippen LogP contribution in [0.4, 0.5) is 0 Å². The van der Waals surface area contributed by atoms with E-state index in [0.717, 1.165) is 11.1 Å². The molecule has 1 atom stereocenters. The Morgan fingerprint density at radius 1 is 1.31 bits per heavy atom. The molecule has 0 heterocycles. The smallest absolute Gasteiger partial charge is 0.147 e. The Labute approximate surface area is 97.0 Å². The molecule has 0 fully saturated rings. The number of aliphatic hydroxyl groups excluding tert-OH is 1. The van der Waals surface area contributed by atoms with E-state index in [4.69, 9.17) is 0 Å². The van der Waals surface area contributed by atoms with E-state index in [1.807, 2.05) is 31.2 Å². The van der Waals surface area contributed by atoms with E-state index in [-0.39, 0.29) is 5.75 Å². The average Bonchev–Trinajstić information content (AvgIpc) is 2.16. The zero-order valence-electron chi connectivity index (χ0n) is 9.68. The summed E-state index contributed by atoms with van der Waals surface area (Å²) >= 11 is 0. The summed E-state index contributed by atoms with van der Waals surface area (Å²) in [6.45, 7) is 1.94. The highest BCUT2D eigenvalue weighted by molar-refractivity contribution is 7.90. The molecule has 90 valence electrons. The van der Waals surface area contributed by atoms with Gasteiger partial charge in [-0.1, -0.05) is 24.3 Å². The molecule has 0 aliphatic heterocycles. The summed E-state index contributed by atoms with van der Waals surface area (Å²) in [5.41, 5.74) is 1.92. The Balaban J connectivity index is 2.54. The molecule has 0 aromatic heterocycles. The molecule has 0 aliphatic rings. The van der Waals surface area contributed by atoms with Crippen LogP contribution >= 0.6 is 0 Å². The van der Waals surface area contributed by atoms with Crippen molar-refractivity contribution in [1.82, 2.24) is 0 Å². The van der Waals surface area contributed by atoms with E-state index in [2.05, 4.69) is 0 Å². The highest BCUT2D eigenvalue weighted by Gasteiger charge is 2.11. The van der Waals surface area contributed by atoms with Crippen LogP contribution in [-0.4, -0.2) is 25.5 Å². The van der Waals surface area contributed by atoms with E-state index >= 15 is 0 Å². The van der Waals surface area contributed by atoms with Gasteiger partial charge in [0.05, 0.1) is 6.10 Å². The fraction of sp³-hybridized carbons (Fsp3) is 0.500. The third kappa shape index (κ3) is 4.33. The molecule has 1 aromatic rings. The molecule has 3 nitrogen and oxygen atoms in total. The second-order valence-electron chi connectivity index (χ2n) is 4.14. The molecule has 0 saturated heterocycles. The van der Waals surface area contributed by atoms with Gasteiger partial charge >= 0.3 is 0 Å². The lowest BCUT2D eigenvalue weighted by atomic mass is 10.0. The molecule has 1 rings (SSSR count). The standard InChI is InChI=1S/C12H18O3S/c1-10-6-3-4-7-11(10)12(13)8-5-9-16(2,14)15/h3-4,6-7,12-13H,5,8-9H2,1-2H3. The molecular formula is C12H18O3S. The van der Waals surface area contributed by atoms with Crippen molar-refractivity contribution in [3.05, 3.63) is 35.4 Å². The Hall–Kier alpha value is -0.870. The summed E-state index contributed by atoms with van der Waals surface area (Å²) in [6.07, 6.45) is 1.63. The maximum atomic E-state index is 10.9. The Kier molecular flexibility index (Phi) is 4.50. The Morgan fingerprint density at radius 3 is 2.50 bits per heavy atom. The second-order valence-corrected chi connectivity index (χ2v) is 6.40. The van der Waals surface area contributed by atoms with Crippen LogP contribution in [0.1, 0.15) is 30.1 Å². The van der Waals surface area contributed by atoms with Gasteiger partial charge in [-0.2, -0.15) is 0 Å². The molecule has 4 heteroatoms. The maximum absolute atomic E-state index is 10.9. The van der Waals surface area contributed by atoms with Crippen LogP contribution in [0.25, 0.3) is 0 Å². The first-order valence-corrected chi connectivity index (χ1v) is 7.37. The number of aliphatic hydroxyl groups is 1. The predicted octanol–water partition coefficient (Wildman–Crippen LogP) is 1.85. The van der Waals surface area contributed by atoms with Crippen LogP contribution in [0.2, 0.25) is 0 Å². The Bertz CT molecular complexity index is 437. The lowest BCUT2D eigenvalue weighted by Crippen LogP contribution is -2.06. The summed E-state index contributed by atoms with van der Waals surface area (Å²) in [4.78, 5) is 0. The van der Waals surface area contributed by atoms with Gasteiger partial charge in [0.25, 0.3) is 0 Å². The van der Waals surface area contributed by atoms with Gasteiger partial charge in [-0.3, -0.25) is 0 Å². The molecule has 1 unspecified atom stereocenters. The quantitative estimate of drug-likeness (QED) is 0.857. The molecule has 1 aromatic carbocycles. The summed E-state index contributed by atoms with van der Waals surface area (Å²) in [7, 11) is -2.92. The minimum atomic E-state index is -2.92. The summed E-state index contributed by atoms with van der Waals surface area (Å²) in [5.74, 6) is 0.135. The molecule has 1 N–H and O–H groups in total. The van der Waals surface area contributed by atoms with Gasteiger partial charge in [0.1, 0.15) is 9.84 Å². The van der Waals surface area contributed by atoms with Crippen molar-refractivity contribution in [2.75, 3.05) is 12.0 Å². The molecule has 16 heavy (non-hydrogen) atoms. The first kappa shape index (κ1) is 13.2. The zero-order chi connectivity index (χ0) is 12.2. The van der Waals surface area contributed by atoms with Crippen molar-refractivity contribution in [3.8, 4) is 0 Å². The highest BCUT2D eigenvalue weighted by atomic mass is 32.2. The van der Waals surface area contributed by atoms with Crippen molar-refractivity contribution in [3.63, 3.8) is 0 Å². The number of benzene rings is 1. The van der Waals surface area contributed by atoms with E-state index in [1.165, 1.54) is 6.26 Å². The van der Waals surface area contributed by atoms with Crippen molar-refractivity contribution in [2.45, 2.75) is 25.9 Å². The van der Waals surface area contributed by atoms with E-state index < -0.39 is 15.9 Å². The van der Waals surface area contributed by atoms with Crippen molar-refractivity contribution in [1.29, 1.82) is 0 Å². The topological polar surface area (TPSA) is 54.4 Å². The number of sulfone groups is 1. The second kappa shape index (κ2) is 5.46. The predicted molar refractivity (Wildman–Crippen MR) is 65.1 cm³/mol. The van der Waals surface area contributed by atoms with Crippen molar-refractivity contribution >= 4 is 9.84 Å². The SMILES string of the molecule is Cc1ccccc1C(O)CCCS(C)(=O)=O. The number of hydrogen-bond donors (Lipinski definition) is 1. The fourth-order valence-corrected chi connectivity index (χ4v) is 2.35. The molecule has 0 spiro atoms. The largest absolute Gasteiger partial charge is 0.388 e. The zero-order valence-corrected chi connectivity index (χ0v) is 10.5. The molecule has 0 bridgehead atoms. The third-order valence-electron chi connectivity index (χ3n) is 2.54. The summed E-state index contributed by atoms with van der Waals surface area (Å²) in [5, 5.41) is 9.90. The molecule has 0 amide bonds. The average molecular weight is 242 g/mol. The van der Waals surface area contributed by atoms with Crippen LogP contribution in [0.3, 0.4) is 0 Å². The highest BCUT2D eigenvalue weighted by Crippen LogP contribution is 2.21. The molecule has 0 saturated carbocycles. The third-order valence-corrected chi connectivity index (χ3v) is 3.57. The van der Waals surface area contributed by atoms with Gasteiger partial charge in [0.2, 0.25) is 0 Å². The maximum Gasteiger partial charge on any atom is 0.147 e. The van der Waals surface area contributed by atoms with Crippen LogP contribution in [0, 0.1) is 6.92 Å². The van der Waals surface area contributed by atoms with Gasteiger partial charge in [-0.25, -0.2) is 8.42 Å². The molecule has 0 radical (unpaired) electrons. The van der Waals surface area contributed by atoms with E-state index in [9.17, 15) is 13.5 Å². The van der Waals surface area contributed by atoms with Crippen LogP contribution in [0.5, 0.6) is 0 Å². The van der Waals surface area contributed by atoms with Gasteiger partial charge < -0.3 is 5.11 Å². The minimum absolute atomic E-state index is 0.135. The van der Waals surface area contributed by atoms with Crippen LogP contribution in [0.15, 0.2) is 24.3 Å². The lowest BCUT2D eigenvalue weighted by Gasteiger charge is -2.12. The lowest BCUT2D eigenvalue weighted by molar-refractivity contribution is 0.166. The number of hydrogen-bond acceptors (Lipinski definition) is 3. The van der Waals surface area contributed by atoms with Gasteiger partial charge in [-0.05, 0) is 30.9 Å². The monoisotopic (exact) mass is 242 g/mol. The van der Waals surface area contributed by atoms with Gasteiger partial charge in [-0.15, -0.1) is 0 Å². The van der Waals surface area contributed by atoms with Gasteiger partial charge in [0.15, 0.2) is 0 Å². The Morgan fingerprint density at radius 2 is 1.94 bits per heavy atom. The van der Waals surface area contributed by atoms with Gasteiger partial charge in [0, 0.05) is 12.0 Å². The normalized spacial score (nSPS) is 13.7. The first-order valence-electron chi connectivity index (χ1n) is 5.31.